The maximum absolute atomic E-state index is 12.6. The van der Waals surface area contributed by atoms with E-state index < -0.39 is 0 Å². The highest BCUT2D eigenvalue weighted by atomic mass is 16.2. The molecular weight excluding hydrogens is 316 g/mol. The number of hydrogen-bond acceptors (Lipinski definition) is 4. The van der Waals surface area contributed by atoms with Gasteiger partial charge in [0, 0.05) is 35.7 Å². The first-order valence-electron chi connectivity index (χ1n) is 8.51. The molecule has 128 valence electrons. The van der Waals surface area contributed by atoms with Crippen LogP contribution >= 0.6 is 0 Å². The Bertz CT molecular complexity index is 888. The lowest BCUT2D eigenvalue weighted by Crippen LogP contribution is -2.38. The zero-order valence-electron chi connectivity index (χ0n) is 14.3. The van der Waals surface area contributed by atoms with Gasteiger partial charge in [0.25, 0.3) is 5.91 Å². The average molecular weight is 336 g/mol. The normalized spacial score (nSPS) is 23.9. The van der Waals surface area contributed by atoms with Crippen LogP contribution in [0.25, 0.3) is 10.9 Å². The number of amides is 2. The van der Waals surface area contributed by atoms with Crippen LogP contribution in [0.3, 0.4) is 0 Å². The van der Waals surface area contributed by atoms with Gasteiger partial charge in [0.05, 0.1) is 17.6 Å². The Morgan fingerprint density at radius 3 is 2.96 bits per heavy atom. The van der Waals surface area contributed by atoms with Gasteiger partial charge in [-0.3, -0.25) is 9.59 Å². The number of nitrogens with one attached hydrogen (secondary N) is 1. The predicted molar refractivity (Wildman–Crippen MR) is 93.8 cm³/mol. The molecule has 0 spiro atoms. The molecule has 1 aliphatic carbocycles. The number of benzene rings is 1. The topological polar surface area (TPSA) is 75.2 Å². The van der Waals surface area contributed by atoms with E-state index in [1.807, 2.05) is 24.8 Å². The maximum Gasteiger partial charge on any atom is 0.251 e. The highest BCUT2D eigenvalue weighted by Gasteiger charge is 2.59. The summed E-state index contributed by atoms with van der Waals surface area (Å²) >= 11 is 0. The molecule has 2 aromatic rings. The smallest absolute Gasteiger partial charge is 0.251 e. The third-order valence-electron chi connectivity index (χ3n) is 4.95. The molecule has 1 aromatic heterocycles. The lowest BCUT2D eigenvalue weighted by molar-refractivity contribution is -0.126. The van der Waals surface area contributed by atoms with Gasteiger partial charge in [0.2, 0.25) is 5.91 Å². The fourth-order valence-corrected chi connectivity index (χ4v) is 3.71. The van der Waals surface area contributed by atoms with Crippen LogP contribution in [0.2, 0.25) is 0 Å². The molecular formula is C19H20N4O2. The highest BCUT2D eigenvalue weighted by molar-refractivity contribution is 5.98. The molecule has 1 saturated carbocycles. The summed E-state index contributed by atoms with van der Waals surface area (Å²) in [4.78, 5) is 34.9. The van der Waals surface area contributed by atoms with E-state index in [9.17, 15) is 9.59 Å². The number of hydrogen-bond donors (Lipinski definition) is 1. The van der Waals surface area contributed by atoms with Crippen LogP contribution in [-0.2, 0) is 4.79 Å². The van der Waals surface area contributed by atoms with E-state index in [1.54, 1.807) is 24.4 Å². The van der Waals surface area contributed by atoms with Crippen LogP contribution in [-0.4, -0.2) is 45.3 Å². The quantitative estimate of drug-likeness (QED) is 0.869. The molecule has 25 heavy (non-hydrogen) atoms. The van der Waals surface area contributed by atoms with E-state index in [1.165, 1.54) is 6.33 Å². The molecule has 4 rings (SSSR count). The highest BCUT2D eigenvalue weighted by Crippen LogP contribution is 2.45. The zero-order chi connectivity index (χ0) is 17.6. The van der Waals surface area contributed by atoms with Crippen LogP contribution in [0, 0.1) is 5.92 Å². The Morgan fingerprint density at radius 1 is 1.32 bits per heavy atom. The van der Waals surface area contributed by atoms with Gasteiger partial charge in [0.1, 0.15) is 6.33 Å². The Balaban J connectivity index is 1.45. The van der Waals surface area contributed by atoms with Gasteiger partial charge in [-0.05, 0) is 38.5 Å². The van der Waals surface area contributed by atoms with Gasteiger partial charge < -0.3 is 10.2 Å². The average Bonchev–Trinajstić information content (AvgIpc) is 3.06. The standard InChI is InChI=1S/C19H20N4O2/c1-11(2)7-16(24)23-6-5-14-17(18(14)23)22-19(25)12-3-4-15-13(8-12)9-20-10-21-15/h3-4,7-10,14,17-18H,5-6H2,1-2H3,(H,22,25)/t14-,17-,18-/m1/s1. The van der Waals surface area contributed by atoms with Crippen molar-refractivity contribution in [3.05, 3.63) is 47.9 Å². The minimum Gasteiger partial charge on any atom is -0.347 e. The van der Waals surface area contributed by atoms with Crippen molar-refractivity contribution in [2.45, 2.75) is 32.4 Å². The first-order chi connectivity index (χ1) is 12.0. The Labute approximate surface area is 145 Å². The summed E-state index contributed by atoms with van der Waals surface area (Å²) in [6, 6.07) is 5.59. The number of rotatable bonds is 3. The fraction of sp³-hybridized carbons (Fsp3) is 0.368. The SMILES string of the molecule is CC(C)=CC(=O)N1CC[C@@H]2[C@@H](NC(=O)c3ccc4ncncc4c3)[C@@H]21. The second-order valence-corrected chi connectivity index (χ2v) is 6.99. The summed E-state index contributed by atoms with van der Waals surface area (Å²) in [6.45, 7) is 4.61. The van der Waals surface area contributed by atoms with E-state index in [-0.39, 0.29) is 23.9 Å². The fourth-order valence-electron chi connectivity index (χ4n) is 3.71. The van der Waals surface area contributed by atoms with Crippen molar-refractivity contribution in [3.8, 4) is 0 Å². The summed E-state index contributed by atoms with van der Waals surface area (Å²) < 4.78 is 0. The molecule has 1 aromatic carbocycles. The van der Waals surface area contributed by atoms with Crippen molar-refractivity contribution in [2.24, 2.45) is 5.92 Å². The van der Waals surface area contributed by atoms with Gasteiger partial charge in [-0.1, -0.05) is 5.57 Å². The van der Waals surface area contributed by atoms with Crippen LogP contribution in [0.4, 0.5) is 0 Å². The number of fused-ring (bicyclic) bond motifs is 2. The second kappa shape index (κ2) is 5.95. The largest absolute Gasteiger partial charge is 0.347 e. The van der Waals surface area contributed by atoms with Crippen LogP contribution in [0.1, 0.15) is 30.6 Å². The van der Waals surface area contributed by atoms with Crippen molar-refractivity contribution in [2.75, 3.05) is 6.54 Å². The number of aromatic nitrogens is 2. The predicted octanol–water partition coefficient (Wildman–Crippen LogP) is 1.93. The third kappa shape index (κ3) is 2.88. The van der Waals surface area contributed by atoms with Gasteiger partial charge in [-0.2, -0.15) is 0 Å². The lowest BCUT2D eigenvalue weighted by Gasteiger charge is -2.19. The van der Waals surface area contributed by atoms with Crippen LogP contribution < -0.4 is 5.32 Å². The number of carbonyl (C=O) groups excluding carboxylic acids is 2. The van der Waals surface area contributed by atoms with Crippen LogP contribution in [0.15, 0.2) is 42.4 Å². The zero-order valence-corrected chi connectivity index (χ0v) is 14.3. The van der Waals surface area contributed by atoms with Crippen LogP contribution in [0.5, 0.6) is 0 Å². The van der Waals surface area contributed by atoms with Gasteiger partial charge in [0.15, 0.2) is 0 Å². The molecule has 0 unspecified atom stereocenters. The number of likely N-dealkylation sites (tertiary alicyclic amines) is 1. The summed E-state index contributed by atoms with van der Waals surface area (Å²) in [7, 11) is 0. The van der Waals surface area contributed by atoms with E-state index in [2.05, 4.69) is 15.3 Å². The van der Waals surface area contributed by atoms with Gasteiger partial charge in [-0.15, -0.1) is 0 Å². The first-order valence-corrected chi connectivity index (χ1v) is 8.51. The van der Waals surface area contributed by atoms with Crippen molar-refractivity contribution in [1.29, 1.82) is 0 Å². The molecule has 3 atom stereocenters. The third-order valence-corrected chi connectivity index (χ3v) is 4.95. The summed E-state index contributed by atoms with van der Waals surface area (Å²) in [5.41, 5.74) is 2.40. The first kappa shape index (κ1) is 15.7. The minimum absolute atomic E-state index is 0.0482. The second-order valence-electron chi connectivity index (χ2n) is 6.99. The molecule has 1 saturated heterocycles. The minimum atomic E-state index is -0.111. The van der Waals surface area contributed by atoms with E-state index in [0.29, 0.717) is 11.5 Å². The molecule has 6 heteroatoms. The molecule has 1 N–H and O–H groups in total. The molecule has 0 bridgehead atoms. The molecule has 6 nitrogen and oxygen atoms in total. The monoisotopic (exact) mass is 336 g/mol. The Hall–Kier alpha value is -2.76. The maximum atomic E-state index is 12.6. The van der Waals surface area contributed by atoms with Gasteiger partial charge >= 0.3 is 0 Å². The Morgan fingerprint density at radius 2 is 2.16 bits per heavy atom. The van der Waals surface area contributed by atoms with E-state index in [4.69, 9.17) is 0 Å². The summed E-state index contributed by atoms with van der Waals surface area (Å²) in [6.07, 6.45) is 5.81. The molecule has 2 heterocycles. The molecule has 0 radical (unpaired) electrons. The van der Waals surface area contributed by atoms with E-state index in [0.717, 1.165) is 29.4 Å². The number of carbonyl (C=O) groups is 2. The number of piperidine rings is 1. The Kier molecular flexibility index (Phi) is 3.75. The number of allylic oxidation sites excluding steroid dienone is 1. The van der Waals surface area contributed by atoms with Gasteiger partial charge in [-0.25, -0.2) is 9.97 Å². The summed E-state index contributed by atoms with van der Waals surface area (Å²) in [5, 5.41) is 3.92. The number of nitrogens with zero attached hydrogens (tertiary/aromatic N) is 3. The molecule has 2 aliphatic rings. The van der Waals surface area contributed by atoms with Crippen molar-refractivity contribution >= 4 is 22.7 Å². The molecule has 2 fully saturated rings. The lowest BCUT2D eigenvalue weighted by atomic mass is 10.1. The van der Waals surface area contributed by atoms with Crippen molar-refractivity contribution in [1.82, 2.24) is 20.2 Å². The van der Waals surface area contributed by atoms with E-state index >= 15 is 0 Å². The van der Waals surface area contributed by atoms with Crippen molar-refractivity contribution < 1.29 is 9.59 Å². The molecule has 1 aliphatic heterocycles. The van der Waals surface area contributed by atoms with Crippen molar-refractivity contribution in [3.63, 3.8) is 0 Å². The summed E-state index contributed by atoms with van der Waals surface area (Å²) in [5.74, 6) is 0.314. The molecule has 2 amide bonds.